The number of aryl methyl sites for hydroxylation is 2. The minimum absolute atomic E-state index is 0.408. The van der Waals surface area contributed by atoms with E-state index in [2.05, 4.69) is 4.98 Å². The first-order valence-corrected chi connectivity index (χ1v) is 5.36. The van der Waals surface area contributed by atoms with Crippen molar-refractivity contribution in [2.75, 3.05) is 6.54 Å². The second kappa shape index (κ2) is 4.13. The number of halogens is 1. The molecule has 1 aliphatic carbocycles. The van der Waals surface area contributed by atoms with Crippen LogP contribution in [-0.2, 0) is 12.8 Å². The molecule has 1 aromatic heterocycles. The van der Waals surface area contributed by atoms with Crippen LogP contribution in [0, 0.1) is 0 Å². The lowest BCUT2D eigenvalue weighted by Crippen LogP contribution is -2.04. The molecule has 0 bridgehead atoms. The Morgan fingerprint density at radius 3 is 2.93 bits per heavy atom. The summed E-state index contributed by atoms with van der Waals surface area (Å²) in [6.07, 6.45) is 4.13. The molecule has 0 fully saturated rings. The van der Waals surface area contributed by atoms with E-state index in [0.717, 1.165) is 18.5 Å². The summed E-state index contributed by atoms with van der Waals surface area (Å²) in [7, 11) is 0. The fourth-order valence-electron chi connectivity index (χ4n) is 2.10. The van der Waals surface area contributed by atoms with Gasteiger partial charge in [0.2, 0.25) is 0 Å². The molecular weight excluding hydrogens is 179 g/mol. The van der Waals surface area contributed by atoms with Gasteiger partial charge in [-0.05, 0) is 50.3 Å². The molecule has 2 rings (SSSR count). The van der Waals surface area contributed by atoms with Crippen LogP contribution < -0.4 is 5.73 Å². The van der Waals surface area contributed by atoms with Gasteiger partial charge in [0.25, 0.3) is 0 Å². The standard InChI is InChI=1S/C11H17FN2/c12-9(5-6-13)11-7-8-3-1-2-4-10(8)14-11/h7,9,14H,1-6,13H2. The molecule has 0 saturated carbocycles. The number of aromatic amines is 1. The summed E-state index contributed by atoms with van der Waals surface area (Å²) < 4.78 is 13.5. The number of hydrogen-bond donors (Lipinski definition) is 2. The van der Waals surface area contributed by atoms with Gasteiger partial charge in [0.05, 0.1) is 5.69 Å². The van der Waals surface area contributed by atoms with Gasteiger partial charge in [-0.15, -0.1) is 0 Å². The third kappa shape index (κ3) is 1.82. The highest BCUT2D eigenvalue weighted by Gasteiger charge is 2.17. The molecule has 0 aromatic carbocycles. The maximum Gasteiger partial charge on any atom is 0.141 e. The monoisotopic (exact) mass is 196 g/mol. The number of nitrogens with two attached hydrogens (primary N) is 1. The Hall–Kier alpha value is -0.830. The SMILES string of the molecule is NCCC(F)c1cc2c([nH]1)CCCC2. The first kappa shape index (κ1) is 9.71. The van der Waals surface area contributed by atoms with Gasteiger partial charge >= 0.3 is 0 Å². The van der Waals surface area contributed by atoms with Gasteiger partial charge < -0.3 is 10.7 Å². The summed E-state index contributed by atoms with van der Waals surface area (Å²) in [5.74, 6) is 0. The van der Waals surface area contributed by atoms with Crippen LogP contribution in [0.5, 0.6) is 0 Å². The molecule has 1 aliphatic rings. The Bertz CT molecular complexity index is 283. The van der Waals surface area contributed by atoms with Crippen molar-refractivity contribution in [3.8, 4) is 0 Å². The normalized spacial score (nSPS) is 17.9. The summed E-state index contributed by atoms with van der Waals surface area (Å²) in [5.41, 5.74) is 8.61. The zero-order valence-electron chi connectivity index (χ0n) is 8.35. The van der Waals surface area contributed by atoms with E-state index in [0.29, 0.717) is 13.0 Å². The minimum Gasteiger partial charge on any atom is -0.360 e. The topological polar surface area (TPSA) is 41.8 Å². The van der Waals surface area contributed by atoms with Crippen molar-refractivity contribution in [3.63, 3.8) is 0 Å². The third-order valence-corrected chi connectivity index (χ3v) is 2.89. The van der Waals surface area contributed by atoms with Crippen LogP contribution in [0.15, 0.2) is 6.07 Å². The molecule has 14 heavy (non-hydrogen) atoms. The molecule has 0 aliphatic heterocycles. The van der Waals surface area contributed by atoms with Crippen LogP contribution in [0.4, 0.5) is 4.39 Å². The highest BCUT2D eigenvalue weighted by atomic mass is 19.1. The fourth-order valence-corrected chi connectivity index (χ4v) is 2.10. The van der Waals surface area contributed by atoms with E-state index in [-0.39, 0.29) is 0 Å². The van der Waals surface area contributed by atoms with Gasteiger partial charge in [-0.2, -0.15) is 0 Å². The van der Waals surface area contributed by atoms with E-state index in [9.17, 15) is 4.39 Å². The van der Waals surface area contributed by atoms with E-state index in [1.54, 1.807) is 0 Å². The number of alkyl halides is 1. The van der Waals surface area contributed by atoms with Gasteiger partial charge in [0, 0.05) is 5.69 Å². The average molecular weight is 196 g/mol. The van der Waals surface area contributed by atoms with Crippen LogP contribution in [0.25, 0.3) is 0 Å². The molecule has 3 N–H and O–H groups in total. The maximum atomic E-state index is 13.5. The Labute approximate surface area is 83.7 Å². The zero-order valence-corrected chi connectivity index (χ0v) is 8.35. The molecule has 0 saturated heterocycles. The minimum atomic E-state index is -0.911. The van der Waals surface area contributed by atoms with Crippen molar-refractivity contribution < 1.29 is 4.39 Å². The van der Waals surface area contributed by atoms with Gasteiger partial charge in [-0.1, -0.05) is 0 Å². The average Bonchev–Trinajstić information content (AvgIpc) is 2.61. The smallest absolute Gasteiger partial charge is 0.141 e. The molecule has 0 amide bonds. The van der Waals surface area contributed by atoms with Crippen LogP contribution in [0.1, 0.15) is 42.4 Å². The molecule has 2 nitrogen and oxygen atoms in total. The van der Waals surface area contributed by atoms with E-state index in [1.165, 1.54) is 24.1 Å². The van der Waals surface area contributed by atoms with Crippen molar-refractivity contribution in [1.82, 2.24) is 4.98 Å². The van der Waals surface area contributed by atoms with Gasteiger partial charge in [-0.25, -0.2) is 4.39 Å². The summed E-state index contributed by atoms with van der Waals surface area (Å²) in [6, 6.07) is 1.98. The summed E-state index contributed by atoms with van der Waals surface area (Å²) >= 11 is 0. The van der Waals surface area contributed by atoms with Crippen LogP contribution in [-0.4, -0.2) is 11.5 Å². The van der Waals surface area contributed by atoms with Gasteiger partial charge in [-0.3, -0.25) is 0 Å². The molecule has 1 aromatic rings. The summed E-state index contributed by atoms with van der Waals surface area (Å²) in [5, 5.41) is 0. The first-order chi connectivity index (χ1) is 6.81. The lowest BCUT2D eigenvalue weighted by atomic mass is 9.98. The number of nitrogens with one attached hydrogen (secondary N) is 1. The van der Waals surface area contributed by atoms with Crippen molar-refractivity contribution in [3.05, 3.63) is 23.0 Å². The van der Waals surface area contributed by atoms with Crippen molar-refractivity contribution >= 4 is 0 Å². The molecular formula is C11H17FN2. The molecule has 1 unspecified atom stereocenters. The molecule has 1 atom stereocenters. The van der Waals surface area contributed by atoms with Gasteiger partial charge in [0.1, 0.15) is 6.17 Å². The largest absolute Gasteiger partial charge is 0.360 e. The number of fused-ring (bicyclic) bond motifs is 1. The van der Waals surface area contributed by atoms with E-state index in [4.69, 9.17) is 5.73 Å². The second-order valence-corrected chi connectivity index (χ2v) is 3.98. The van der Waals surface area contributed by atoms with E-state index in [1.807, 2.05) is 6.07 Å². The maximum absolute atomic E-state index is 13.5. The van der Waals surface area contributed by atoms with Crippen molar-refractivity contribution in [1.29, 1.82) is 0 Å². The summed E-state index contributed by atoms with van der Waals surface area (Å²) in [4.78, 5) is 3.19. The predicted octanol–water partition coefficient (Wildman–Crippen LogP) is 2.25. The van der Waals surface area contributed by atoms with Crippen LogP contribution in [0.3, 0.4) is 0 Å². The molecule has 0 spiro atoms. The fraction of sp³-hybridized carbons (Fsp3) is 0.636. The second-order valence-electron chi connectivity index (χ2n) is 3.98. The van der Waals surface area contributed by atoms with E-state index >= 15 is 0 Å². The highest BCUT2D eigenvalue weighted by molar-refractivity contribution is 5.29. The third-order valence-electron chi connectivity index (χ3n) is 2.89. The van der Waals surface area contributed by atoms with Crippen LogP contribution in [0.2, 0.25) is 0 Å². The molecule has 78 valence electrons. The number of hydrogen-bond acceptors (Lipinski definition) is 1. The van der Waals surface area contributed by atoms with Crippen LogP contribution >= 0.6 is 0 Å². The van der Waals surface area contributed by atoms with Crippen molar-refractivity contribution in [2.24, 2.45) is 5.73 Å². The zero-order chi connectivity index (χ0) is 9.97. The summed E-state index contributed by atoms with van der Waals surface area (Å²) in [6.45, 7) is 0.408. The Balaban J connectivity index is 2.15. The lowest BCUT2D eigenvalue weighted by molar-refractivity contribution is 0.321. The first-order valence-electron chi connectivity index (χ1n) is 5.36. The Morgan fingerprint density at radius 2 is 2.21 bits per heavy atom. The molecule has 3 heteroatoms. The Kier molecular flexibility index (Phi) is 2.87. The highest BCUT2D eigenvalue weighted by Crippen LogP contribution is 2.27. The Morgan fingerprint density at radius 1 is 1.43 bits per heavy atom. The van der Waals surface area contributed by atoms with Crippen molar-refractivity contribution in [2.45, 2.75) is 38.3 Å². The quantitative estimate of drug-likeness (QED) is 0.765. The molecule has 1 heterocycles. The van der Waals surface area contributed by atoms with Gasteiger partial charge in [0.15, 0.2) is 0 Å². The predicted molar refractivity (Wildman–Crippen MR) is 55.0 cm³/mol. The van der Waals surface area contributed by atoms with E-state index < -0.39 is 6.17 Å². The number of H-pyrrole nitrogens is 1. The molecule has 0 radical (unpaired) electrons. The number of rotatable bonds is 3. The number of aromatic nitrogens is 1. The lowest BCUT2D eigenvalue weighted by Gasteiger charge is -2.09.